The van der Waals surface area contributed by atoms with E-state index >= 15 is 0 Å². The molecule has 0 saturated heterocycles. The molecular formula is C19H29BrO2. The Morgan fingerprint density at radius 1 is 1.05 bits per heavy atom. The van der Waals surface area contributed by atoms with Gasteiger partial charge in [0.2, 0.25) is 0 Å². The second kappa shape index (κ2) is 5.07. The summed E-state index contributed by atoms with van der Waals surface area (Å²) in [6.45, 7) is 4.79. The van der Waals surface area contributed by atoms with Gasteiger partial charge in [-0.3, -0.25) is 0 Å². The number of rotatable bonds is 0. The fraction of sp³-hybridized carbons (Fsp3) is 0.895. The highest BCUT2D eigenvalue weighted by molar-refractivity contribution is 9.09. The fourth-order valence-electron chi connectivity index (χ4n) is 6.60. The smallest absolute Gasteiger partial charge is 0.0724 e. The molecule has 2 N–H and O–H groups in total. The minimum Gasteiger partial charge on any atom is -0.393 e. The van der Waals surface area contributed by atoms with Gasteiger partial charge in [0, 0.05) is 4.83 Å². The summed E-state index contributed by atoms with van der Waals surface area (Å²) < 4.78 is 0. The first-order valence-electron chi connectivity index (χ1n) is 9.07. The first-order chi connectivity index (χ1) is 10.4. The maximum Gasteiger partial charge on any atom is 0.0724 e. The minimum atomic E-state index is -0.235. The van der Waals surface area contributed by atoms with Crippen LogP contribution in [0.2, 0.25) is 0 Å². The van der Waals surface area contributed by atoms with Crippen LogP contribution in [0, 0.1) is 28.6 Å². The van der Waals surface area contributed by atoms with Crippen LogP contribution in [0.5, 0.6) is 0 Å². The number of aliphatic hydroxyl groups excluding tert-OH is 2. The van der Waals surface area contributed by atoms with Gasteiger partial charge in [0.25, 0.3) is 0 Å². The first kappa shape index (κ1) is 15.7. The van der Waals surface area contributed by atoms with Gasteiger partial charge in [0.1, 0.15) is 0 Å². The Morgan fingerprint density at radius 2 is 1.82 bits per heavy atom. The highest BCUT2D eigenvalue weighted by Crippen LogP contribution is 2.66. The van der Waals surface area contributed by atoms with Crippen LogP contribution >= 0.6 is 15.9 Å². The summed E-state index contributed by atoms with van der Waals surface area (Å²) >= 11 is 4.01. The average Bonchev–Trinajstić information content (AvgIpc) is 2.77. The summed E-state index contributed by atoms with van der Waals surface area (Å²) in [5.74, 6) is 2.07. The van der Waals surface area contributed by atoms with Crippen LogP contribution in [0.3, 0.4) is 0 Å². The molecule has 0 bridgehead atoms. The second-order valence-corrected chi connectivity index (χ2v) is 10.0. The predicted molar refractivity (Wildman–Crippen MR) is 91.8 cm³/mol. The topological polar surface area (TPSA) is 40.5 Å². The van der Waals surface area contributed by atoms with Crippen molar-refractivity contribution in [2.45, 2.75) is 75.8 Å². The summed E-state index contributed by atoms with van der Waals surface area (Å²) in [7, 11) is 0. The fourth-order valence-corrected chi connectivity index (χ4v) is 7.69. The molecule has 0 unspecified atom stereocenters. The molecule has 2 nitrogen and oxygen atoms in total. The maximum absolute atomic E-state index is 10.5. The summed E-state index contributed by atoms with van der Waals surface area (Å²) in [5, 5.41) is 20.6. The Morgan fingerprint density at radius 3 is 2.59 bits per heavy atom. The van der Waals surface area contributed by atoms with Crippen molar-refractivity contribution in [2.24, 2.45) is 28.6 Å². The van der Waals surface area contributed by atoms with Crippen LogP contribution in [-0.4, -0.2) is 27.2 Å². The number of aliphatic hydroxyl groups is 2. The zero-order valence-corrected chi connectivity index (χ0v) is 15.3. The van der Waals surface area contributed by atoms with Crippen LogP contribution in [0.15, 0.2) is 11.6 Å². The molecule has 0 aliphatic heterocycles. The van der Waals surface area contributed by atoms with Gasteiger partial charge in [-0.1, -0.05) is 41.4 Å². The molecule has 0 amide bonds. The Bertz CT molecular complexity index is 504. The van der Waals surface area contributed by atoms with Gasteiger partial charge in [0.05, 0.1) is 12.2 Å². The summed E-state index contributed by atoms with van der Waals surface area (Å²) in [5.41, 5.74) is 1.92. The lowest BCUT2D eigenvalue weighted by molar-refractivity contribution is -0.0728. The van der Waals surface area contributed by atoms with Gasteiger partial charge < -0.3 is 10.2 Å². The number of halogens is 1. The van der Waals surface area contributed by atoms with Gasteiger partial charge in [0.15, 0.2) is 0 Å². The van der Waals surface area contributed by atoms with Crippen molar-refractivity contribution >= 4 is 15.9 Å². The molecule has 0 heterocycles. The van der Waals surface area contributed by atoms with Crippen LogP contribution in [0.4, 0.5) is 0 Å². The monoisotopic (exact) mass is 368 g/mol. The minimum absolute atomic E-state index is 0.101. The van der Waals surface area contributed by atoms with Crippen molar-refractivity contribution in [3.05, 3.63) is 11.6 Å². The van der Waals surface area contributed by atoms with Crippen LogP contribution in [0.1, 0.15) is 58.8 Å². The first-order valence-corrected chi connectivity index (χ1v) is 9.99. The van der Waals surface area contributed by atoms with Gasteiger partial charge in [-0.25, -0.2) is 0 Å². The third kappa shape index (κ3) is 1.97. The molecule has 3 fully saturated rings. The largest absolute Gasteiger partial charge is 0.393 e. The molecule has 0 aromatic carbocycles. The molecule has 3 saturated carbocycles. The van der Waals surface area contributed by atoms with E-state index in [4.69, 9.17) is 0 Å². The molecule has 4 rings (SSSR count). The van der Waals surface area contributed by atoms with Gasteiger partial charge in [-0.05, 0) is 73.5 Å². The normalized spacial score (nSPS) is 57.6. The quantitative estimate of drug-likeness (QED) is 0.500. The Kier molecular flexibility index (Phi) is 3.61. The summed E-state index contributed by atoms with van der Waals surface area (Å²) in [4.78, 5) is 0.511. The highest BCUT2D eigenvalue weighted by atomic mass is 79.9. The van der Waals surface area contributed by atoms with Crippen molar-refractivity contribution in [2.75, 3.05) is 0 Å². The number of fused-ring (bicyclic) bond motifs is 5. The van der Waals surface area contributed by atoms with Crippen LogP contribution in [-0.2, 0) is 0 Å². The SMILES string of the molecule is C[C@]12CC[C@H]3[C@@H]([C@@H](Br)CC4=C[C@@H](O)CC[C@@]43C)[C@@H]1CC[C@@H]2O. The second-order valence-electron chi connectivity index (χ2n) is 8.86. The van der Waals surface area contributed by atoms with E-state index in [0.29, 0.717) is 22.6 Å². The van der Waals surface area contributed by atoms with E-state index in [2.05, 4.69) is 35.9 Å². The third-order valence-electron chi connectivity index (χ3n) is 8.02. The van der Waals surface area contributed by atoms with Gasteiger partial charge >= 0.3 is 0 Å². The van der Waals surface area contributed by atoms with Crippen molar-refractivity contribution in [3.63, 3.8) is 0 Å². The molecule has 8 atom stereocenters. The molecule has 3 heteroatoms. The standard InChI is InChI=1S/C19H29BrO2/c1-18-7-5-12(21)9-11(18)10-15(20)17-13-3-4-16(22)19(13,2)8-6-14(17)18/h9,12-17,21-22H,3-8,10H2,1-2H3/t12-,13-,14-,15-,16-,17-,18-,19-/m0/s1. The Hall–Kier alpha value is 0.140. The zero-order valence-electron chi connectivity index (χ0n) is 13.8. The predicted octanol–water partition coefficient (Wildman–Crippen LogP) is 4.04. The zero-order chi connectivity index (χ0) is 15.7. The molecular weight excluding hydrogens is 340 g/mol. The molecule has 4 aliphatic carbocycles. The summed E-state index contributed by atoms with van der Waals surface area (Å²) in [6.07, 6.45) is 9.54. The molecule has 0 radical (unpaired) electrons. The number of hydrogen-bond acceptors (Lipinski definition) is 2. The number of allylic oxidation sites excluding steroid dienone is 1. The average molecular weight is 369 g/mol. The number of alkyl halides is 1. The van der Waals surface area contributed by atoms with E-state index in [1.54, 1.807) is 0 Å². The highest BCUT2D eigenvalue weighted by Gasteiger charge is 2.60. The summed E-state index contributed by atoms with van der Waals surface area (Å²) in [6, 6.07) is 0. The van der Waals surface area contributed by atoms with E-state index in [9.17, 15) is 10.2 Å². The molecule has 0 aromatic rings. The lowest BCUT2D eigenvalue weighted by Crippen LogP contribution is -2.54. The van der Waals surface area contributed by atoms with Crippen molar-refractivity contribution in [1.82, 2.24) is 0 Å². The van der Waals surface area contributed by atoms with Crippen molar-refractivity contribution in [3.8, 4) is 0 Å². The lowest BCUT2D eigenvalue weighted by atomic mass is 9.47. The maximum atomic E-state index is 10.5. The van der Waals surface area contributed by atoms with Gasteiger partial charge in [-0.2, -0.15) is 0 Å². The molecule has 22 heavy (non-hydrogen) atoms. The van der Waals surface area contributed by atoms with E-state index in [0.717, 1.165) is 25.7 Å². The van der Waals surface area contributed by atoms with E-state index in [-0.39, 0.29) is 23.0 Å². The van der Waals surface area contributed by atoms with Crippen molar-refractivity contribution < 1.29 is 10.2 Å². The van der Waals surface area contributed by atoms with E-state index in [1.165, 1.54) is 24.8 Å². The molecule has 0 aromatic heterocycles. The third-order valence-corrected chi connectivity index (χ3v) is 8.95. The molecule has 124 valence electrons. The van der Waals surface area contributed by atoms with Crippen LogP contribution in [0.25, 0.3) is 0 Å². The van der Waals surface area contributed by atoms with E-state index < -0.39 is 0 Å². The van der Waals surface area contributed by atoms with Crippen LogP contribution < -0.4 is 0 Å². The van der Waals surface area contributed by atoms with Crippen molar-refractivity contribution in [1.29, 1.82) is 0 Å². The van der Waals surface area contributed by atoms with E-state index in [1.807, 2.05) is 0 Å². The molecule has 4 aliphatic rings. The van der Waals surface area contributed by atoms with Gasteiger partial charge in [-0.15, -0.1) is 0 Å². The Labute approximate surface area is 142 Å². The Balaban J connectivity index is 1.72. The number of hydrogen-bond donors (Lipinski definition) is 2. The molecule has 0 spiro atoms. The lowest BCUT2D eigenvalue weighted by Gasteiger charge is -2.59.